The highest BCUT2D eigenvalue weighted by Crippen LogP contribution is 2.21. The predicted octanol–water partition coefficient (Wildman–Crippen LogP) is 2.90. The van der Waals surface area contributed by atoms with E-state index in [0.717, 1.165) is 29.4 Å². The number of carbonyl (C=O) groups is 2. The van der Waals surface area contributed by atoms with Gasteiger partial charge in [-0.25, -0.2) is 4.98 Å². The molecule has 1 atom stereocenters. The van der Waals surface area contributed by atoms with Gasteiger partial charge in [-0.15, -0.1) is 0 Å². The average Bonchev–Trinajstić information content (AvgIpc) is 3.67. The van der Waals surface area contributed by atoms with E-state index in [0.29, 0.717) is 69.4 Å². The van der Waals surface area contributed by atoms with Crippen molar-refractivity contribution in [1.29, 1.82) is 0 Å². The minimum absolute atomic E-state index is 0.106. The second kappa shape index (κ2) is 16.2. The summed E-state index contributed by atoms with van der Waals surface area (Å²) in [6.07, 6.45) is 10.5. The second-order valence-corrected chi connectivity index (χ2v) is 10.6. The molecule has 0 radical (unpaired) electrons. The minimum Gasteiger partial charge on any atom is -0.385 e. The van der Waals surface area contributed by atoms with Crippen molar-refractivity contribution in [2.45, 2.75) is 38.1 Å². The van der Waals surface area contributed by atoms with Crippen molar-refractivity contribution in [3.05, 3.63) is 48.3 Å². The first-order valence-electron chi connectivity index (χ1n) is 14.6. The number of hydrogen-bond donors (Lipinski definition) is 4. The summed E-state index contributed by atoms with van der Waals surface area (Å²) < 4.78 is 5.16. The van der Waals surface area contributed by atoms with Crippen molar-refractivity contribution in [2.24, 2.45) is 0 Å². The molecule has 3 aromatic rings. The SMILES string of the molecule is COCCCNc1nc(Nc2ccc3[nH]ncc3c2)ncc1C#CCCCNC(=O)[C@@H]1CCCN1C(=O)/C=C/CN(C)C. The topological polar surface area (TPSA) is 140 Å². The number of unbranched alkanes of at least 4 members (excludes halogenated alkanes) is 1. The molecule has 0 spiro atoms. The molecular weight excluding hydrogens is 546 g/mol. The van der Waals surface area contributed by atoms with Gasteiger partial charge in [0, 0.05) is 63.5 Å². The van der Waals surface area contributed by atoms with Crippen molar-refractivity contribution < 1.29 is 14.3 Å². The van der Waals surface area contributed by atoms with E-state index in [1.165, 1.54) is 0 Å². The number of ether oxygens (including phenoxy) is 1. The zero-order chi connectivity index (χ0) is 30.4. The standard InChI is InChI=1S/C31H41N9O3/c1-39(2)17-8-12-28(41)40-18-7-11-27(40)30(42)33-15-6-4-5-10-23-21-34-31(37-29(23)32-16-9-19-43-3)36-25-13-14-26-24(20-25)22-35-38-26/h8,12-14,20-22,27H,4,6-7,9,11,15-19H2,1-3H3,(H,33,42)(H,35,38)(H2,32,34,36,37)/b12-8+/t27-/m0/s1. The molecular formula is C31H41N9O3. The lowest BCUT2D eigenvalue weighted by Crippen LogP contribution is -2.45. The summed E-state index contributed by atoms with van der Waals surface area (Å²) in [5.41, 5.74) is 2.50. The predicted molar refractivity (Wildman–Crippen MR) is 168 cm³/mol. The fourth-order valence-electron chi connectivity index (χ4n) is 4.67. The van der Waals surface area contributed by atoms with Gasteiger partial charge < -0.3 is 30.5 Å². The van der Waals surface area contributed by atoms with Crippen LogP contribution in [0.5, 0.6) is 0 Å². The van der Waals surface area contributed by atoms with Gasteiger partial charge in [-0.3, -0.25) is 14.7 Å². The van der Waals surface area contributed by atoms with E-state index in [1.54, 1.807) is 30.5 Å². The summed E-state index contributed by atoms with van der Waals surface area (Å²) in [5.74, 6) is 7.23. The van der Waals surface area contributed by atoms with Gasteiger partial charge >= 0.3 is 0 Å². The Morgan fingerprint density at radius 2 is 2.12 bits per heavy atom. The van der Waals surface area contributed by atoms with Crippen LogP contribution in [0.2, 0.25) is 0 Å². The van der Waals surface area contributed by atoms with Crippen molar-refractivity contribution in [3.8, 4) is 11.8 Å². The molecule has 1 aliphatic heterocycles. The number of hydrogen-bond acceptors (Lipinski definition) is 9. The number of H-pyrrole nitrogens is 1. The van der Waals surface area contributed by atoms with E-state index in [-0.39, 0.29) is 11.8 Å². The number of rotatable bonds is 14. The molecule has 43 heavy (non-hydrogen) atoms. The number of aromatic nitrogens is 4. The van der Waals surface area contributed by atoms with Crippen LogP contribution in [0.25, 0.3) is 10.9 Å². The van der Waals surface area contributed by atoms with Crippen LogP contribution in [-0.4, -0.2) is 102 Å². The number of aromatic amines is 1. The van der Waals surface area contributed by atoms with E-state index in [4.69, 9.17) is 4.74 Å². The Kier molecular flexibility index (Phi) is 11.9. The fraction of sp³-hybridized carbons (Fsp3) is 0.452. The van der Waals surface area contributed by atoms with Crippen LogP contribution in [0.3, 0.4) is 0 Å². The Bertz CT molecular complexity index is 1460. The molecule has 0 aliphatic carbocycles. The molecule has 0 unspecified atom stereocenters. The third-order valence-electron chi connectivity index (χ3n) is 6.87. The monoisotopic (exact) mass is 587 g/mol. The number of likely N-dealkylation sites (N-methyl/N-ethyl adjacent to an activating group) is 1. The van der Waals surface area contributed by atoms with Gasteiger partial charge in [0.2, 0.25) is 17.8 Å². The van der Waals surface area contributed by atoms with Gasteiger partial charge in [0.1, 0.15) is 11.9 Å². The normalized spacial score (nSPS) is 14.7. The smallest absolute Gasteiger partial charge is 0.246 e. The lowest BCUT2D eigenvalue weighted by molar-refractivity contribution is -0.135. The first-order valence-corrected chi connectivity index (χ1v) is 14.6. The number of amides is 2. The maximum absolute atomic E-state index is 12.8. The number of anilines is 3. The largest absolute Gasteiger partial charge is 0.385 e. The fourth-order valence-corrected chi connectivity index (χ4v) is 4.67. The Morgan fingerprint density at radius 1 is 1.23 bits per heavy atom. The summed E-state index contributed by atoms with van der Waals surface area (Å²) in [6, 6.07) is 5.45. The van der Waals surface area contributed by atoms with Gasteiger partial charge in [0.25, 0.3) is 0 Å². The van der Waals surface area contributed by atoms with Crippen LogP contribution in [-0.2, 0) is 14.3 Å². The Balaban J connectivity index is 1.29. The van der Waals surface area contributed by atoms with E-state index in [1.807, 2.05) is 43.3 Å². The number of nitrogens with one attached hydrogen (secondary N) is 4. The molecule has 3 heterocycles. The van der Waals surface area contributed by atoms with Crippen LogP contribution in [0, 0.1) is 11.8 Å². The van der Waals surface area contributed by atoms with E-state index in [9.17, 15) is 9.59 Å². The third-order valence-corrected chi connectivity index (χ3v) is 6.87. The summed E-state index contributed by atoms with van der Waals surface area (Å²) in [5, 5.41) is 17.6. The van der Waals surface area contributed by atoms with Crippen LogP contribution in [0.1, 0.15) is 37.7 Å². The van der Waals surface area contributed by atoms with Crippen molar-refractivity contribution in [2.75, 3.05) is 64.6 Å². The third kappa shape index (κ3) is 9.52. The van der Waals surface area contributed by atoms with Crippen LogP contribution in [0.4, 0.5) is 17.5 Å². The quantitative estimate of drug-likeness (QED) is 0.127. The number of nitrogens with zero attached hydrogens (tertiary/aromatic N) is 5. The molecule has 4 N–H and O–H groups in total. The van der Waals surface area contributed by atoms with Gasteiger partial charge in [0.05, 0.1) is 23.5 Å². The highest BCUT2D eigenvalue weighted by atomic mass is 16.5. The van der Waals surface area contributed by atoms with Gasteiger partial charge in [0.15, 0.2) is 0 Å². The number of benzene rings is 1. The van der Waals surface area contributed by atoms with Crippen molar-refractivity contribution >= 4 is 40.2 Å². The molecule has 1 fully saturated rings. The van der Waals surface area contributed by atoms with Crippen molar-refractivity contribution in [1.82, 2.24) is 35.3 Å². The first kappa shape index (κ1) is 31.5. The number of carbonyl (C=O) groups excluding carboxylic acids is 2. The number of fused-ring (bicyclic) bond motifs is 1. The first-order chi connectivity index (χ1) is 20.9. The molecule has 2 aromatic heterocycles. The zero-order valence-electron chi connectivity index (χ0n) is 25.2. The number of likely N-dealkylation sites (tertiary alicyclic amines) is 1. The lowest BCUT2D eigenvalue weighted by Gasteiger charge is -2.22. The Labute approximate surface area is 252 Å². The molecule has 228 valence electrons. The van der Waals surface area contributed by atoms with Crippen molar-refractivity contribution in [3.63, 3.8) is 0 Å². The maximum atomic E-state index is 12.8. The van der Waals surface area contributed by atoms with Crippen LogP contribution in [0.15, 0.2) is 42.7 Å². The van der Waals surface area contributed by atoms with Crippen LogP contribution < -0.4 is 16.0 Å². The summed E-state index contributed by atoms with van der Waals surface area (Å²) in [6.45, 7) is 3.09. The molecule has 0 bridgehead atoms. The maximum Gasteiger partial charge on any atom is 0.246 e. The van der Waals surface area contributed by atoms with E-state index in [2.05, 4.69) is 48.0 Å². The highest BCUT2D eigenvalue weighted by molar-refractivity contribution is 5.93. The van der Waals surface area contributed by atoms with E-state index >= 15 is 0 Å². The van der Waals surface area contributed by atoms with Crippen LogP contribution >= 0.6 is 0 Å². The molecule has 12 heteroatoms. The second-order valence-electron chi connectivity index (χ2n) is 10.6. The molecule has 1 aliphatic rings. The highest BCUT2D eigenvalue weighted by Gasteiger charge is 2.32. The molecule has 1 saturated heterocycles. The Morgan fingerprint density at radius 3 is 2.95 bits per heavy atom. The number of methoxy groups -OCH3 is 1. The molecule has 2 amide bonds. The minimum atomic E-state index is -0.416. The van der Waals surface area contributed by atoms with Gasteiger partial charge in [-0.05, 0) is 58.0 Å². The lowest BCUT2D eigenvalue weighted by atomic mass is 10.2. The summed E-state index contributed by atoms with van der Waals surface area (Å²) in [7, 11) is 5.56. The molecule has 4 rings (SSSR count). The van der Waals surface area contributed by atoms with Gasteiger partial charge in [-0.1, -0.05) is 17.9 Å². The average molecular weight is 588 g/mol. The zero-order valence-corrected chi connectivity index (χ0v) is 25.2. The summed E-state index contributed by atoms with van der Waals surface area (Å²) in [4.78, 5) is 38.1. The Hall–Kier alpha value is -4.47. The molecule has 12 nitrogen and oxygen atoms in total. The summed E-state index contributed by atoms with van der Waals surface area (Å²) >= 11 is 0. The van der Waals surface area contributed by atoms with Gasteiger partial charge in [-0.2, -0.15) is 10.1 Å². The van der Waals surface area contributed by atoms with E-state index < -0.39 is 6.04 Å². The molecule has 1 aromatic carbocycles. The molecule has 0 saturated carbocycles.